The number of benzene rings is 1. The molecule has 0 fully saturated rings. The molecule has 0 radical (unpaired) electrons. The minimum Gasteiger partial charge on any atom is -0.507 e. The zero-order valence-electron chi connectivity index (χ0n) is 10.8. The zero-order valence-corrected chi connectivity index (χ0v) is 11.6. The number of rotatable bonds is 2. The van der Waals surface area contributed by atoms with E-state index in [1.165, 1.54) is 6.07 Å². The summed E-state index contributed by atoms with van der Waals surface area (Å²) in [6.45, 7) is 1.58. The van der Waals surface area contributed by atoms with Gasteiger partial charge in [0.2, 0.25) is 0 Å². The SMILES string of the molecule is Cc1cc(-c2cc(S(=O)(=O)O)ccc2O)c(C#N)c(=O)[nH]1. The van der Waals surface area contributed by atoms with Crippen LogP contribution in [0.4, 0.5) is 0 Å². The standard InChI is InChI=1S/C13H10N2O5S/c1-7-4-9(11(6-14)13(17)15-7)10-5-8(21(18,19)20)2-3-12(10)16/h2-5,16H,1H3,(H,15,17)(H,18,19,20). The van der Waals surface area contributed by atoms with E-state index in [0.717, 1.165) is 18.2 Å². The van der Waals surface area contributed by atoms with E-state index >= 15 is 0 Å². The van der Waals surface area contributed by atoms with E-state index in [9.17, 15) is 18.3 Å². The van der Waals surface area contributed by atoms with Crippen LogP contribution in [-0.2, 0) is 10.1 Å². The third-order valence-corrected chi connectivity index (χ3v) is 3.69. The van der Waals surface area contributed by atoms with E-state index in [1.54, 1.807) is 13.0 Å². The van der Waals surface area contributed by atoms with Gasteiger partial charge in [-0.2, -0.15) is 13.7 Å². The van der Waals surface area contributed by atoms with Crippen molar-refractivity contribution in [2.45, 2.75) is 11.8 Å². The van der Waals surface area contributed by atoms with E-state index in [2.05, 4.69) is 4.98 Å². The summed E-state index contributed by atoms with van der Waals surface area (Å²) in [6, 6.07) is 6.22. The summed E-state index contributed by atoms with van der Waals surface area (Å²) in [5, 5.41) is 18.9. The molecule has 2 rings (SSSR count). The van der Waals surface area contributed by atoms with Crippen LogP contribution in [0.1, 0.15) is 11.3 Å². The Morgan fingerprint density at radius 3 is 2.48 bits per heavy atom. The molecule has 0 aliphatic rings. The van der Waals surface area contributed by atoms with Gasteiger partial charge in [0.05, 0.1) is 4.90 Å². The predicted octanol–water partition coefficient (Wildman–Crippen LogP) is 1.17. The number of phenolic OH excluding ortho intramolecular Hbond substituents is 1. The maximum atomic E-state index is 11.7. The van der Waals surface area contributed by atoms with Crippen LogP contribution in [0.5, 0.6) is 5.75 Å². The van der Waals surface area contributed by atoms with Crippen molar-refractivity contribution in [3.05, 3.63) is 45.9 Å². The first-order valence-electron chi connectivity index (χ1n) is 5.69. The number of aromatic hydroxyl groups is 1. The van der Waals surface area contributed by atoms with Gasteiger partial charge in [0, 0.05) is 16.8 Å². The maximum absolute atomic E-state index is 11.7. The van der Waals surface area contributed by atoms with Gasteiger partial charge in [-0.05, 0) is 31.2 Å². The molecular formula is C13H10N2O5S. The number of aryl methyl sites for hydroxylation is 1. The second-order valence-corrected chi connectivity index (χ2v) is 5.76. The number of nitriles is 1. The smallest absolute Gasteiger partial charge is 0.294 e. The largest absolute Gasteiger partial charge is 0.507 e. The number of nitrogens with zero attached hydrogens (tertiary/aromatic N) is 1. The van der Waals surface area contributed by atoms with Crippen molar-refractivity contribution in [1.29, 1.82) is 5.26 Å². The van der Waals surface area contributed by atoms with Crippen LogP contribution in [0, 0.1) is 18.3 Å². The summed E-state index contributed by atoms with van der Waals surface area (Å²) in [5.41, 5.74) is -0.421. The Morgan fingerprint density at radius 2 is 1.90 bits per heavy atom. The Bertz CT molecular complexity index is 923. The molecule has 0 aliphatic heterocycles. The fourth-order valence-electron chi connectivity index (χ4n) is 1.90. The number of hydrogen-bond donors (Lipinski definition) is 3. The Hall–Kier alpha value is -2.63. The summed E-state index contributed by atoms with van der Waals surface area (Å²) in [7, 11) is -4.47. The lowest BCUT2D eigenvalue weighted by atomic mass is 10.0. The van der Waals surface area contributed by atoms with E-state index in [0.29, 0.717) is 5.69 Å². The van der Waals surface area contributed by atoms with Crippen molar-refractivity contribution < 1.29 is 18.1 Å². The minimum atomic E-state index is -4.47. The van der Waals surface area contributed by atoms with E-state index in [1.807, 2.05) is 0 Å². The molecule has 1 heterocycles. The van der Waals surface area contributed by atoms with Crippen LogP contribution in [0.2, 0.25) is 0 Å². The highest BCUT2D eigenvalue weighted by Gasteiger charge is 2.17. The van der Waals surface area contributed by atoms with Gasteiger partial charge in [0.25, 0.3) is 15.7 Å². The molecule has 2 aromatic rings. The van der Waals surface area contributed by atoms with Crippen molar-refractivity contribution in [2.75, 3.05) is 0 Å². The molecule has 21 heavy (non-hydrogen) atoms. The van der Waals surface area contributed by atoms with Crippen molar-refractivity contribution in [2.24, 2.45) is 0 Å². The summed E-state index contributed by atoms with van der Waals surface area (Å²) in [4.78, 5) is 13.7. The molecule has 1 aromatic heterocycles. The molecule has 0 spiro atoms. The molecule has 0 amide bonds. The highest BCUT2D eigenvalue weighted by atomic mass is 32.2. The molecule has 7 nitrogen and oxygen atoms in total. The fourth-order valence-corrected chi connectivity index (χ4v) is 2.41. The molecule has 8 heteroatoms. The van der Waals surface area contributed by atoms with Crippen LogP contribution in [0.15, 0.2) is 34.0 Å². The van der Waals surface area contributed by atoms with Crippen molar-refractivity contribution in [3.63, 3.8) is 0 Å². The highest BCUT2D eigenvalue weighted by molar-refractivity contribution is 7.85. The highest BCUT2D eigenvalue weighted by Crippen LogP contribution is 2.32. The number of phenols is 1. The Morgan fingerprint density at radius 1 is 1.24 bits per heavy atom. The molecular weight excluding hydrogens is 296 g/mol. The van der Waals surface area contributed by atoms with Gasteiger partial charge in [0.1, 0.15) is 17.4 Å². The third-order valence-electron chi connectivity index (χ3n) is 2.84. The number of aromatic amines is 1. The number of H-pyrrole nitrogens is 1. The molecule has 0 bridgehead atoms. The lowest BCUT2D eigenvalue weighted by Gasteiger charge is -2.09. The normalized spacial score (nSPS) is 11.1. The van der Waals surface area contributed by atoms with Crippen LogP contribution in [0.3, 0.4) is 0 Å². The Balaban J connectivity index is 2.86. The first kappa shape index (κ1) is 14.8. The summed E-state index contributed by atoms with van der Waals surface area (Å²) >= 11 is 0. The monoisotopic (exact) mass is 306 g/mol. The second-order valence-electron chi connectivity index (χ2n) is 4.34. The van der Waals surface area contributed by atoms with Gasteiger partial charge in [-0.25, -0.2) is 0 Å². The first-order valence-corrected chi connectivity index (χ1v) is 7.13. The van der Waals surface area contributed by atoms with Crippen LogP contribution < -0.4 is 5.56 Å². The van der Waals surface area contributed by atoms with Gasteiger partial charge in [-0.1, -0.05) is 0 Å². The number of pyridine rings is 1. The van der Waals surface area contributed by atoms with E-state index < -0.39 is 20.6 Å². The second kappa shape index (κ2) is 5.05. The third kappa shape index (κ3) is 2.79. The van der Waals surface area contributed by atoms with E-state index in [4.69, 9.17) is 9.81 Å². The lowest BCUT2D eigenvalue weighted by molar-refractivity contribution is 0.474. The fraction of sp³-hybridized carbons (Fsp3) is 0.0769. The van der Waals surface area contributed by atoms with Gasteiger partial charge in [-0.15, -0.1) is 0 Å². The summed E-state index contributed by atoms with van der Waals surface area (Å²) in [5.74, 6) is -0.316. The average Bonchev–Trinajstić information content (AvgIpc) is 2.37. The number of nitrogens with one attached hydrogen (secondary N) is 1. The maximum Gasteiger partial charge on any atom is 0.294 e. The van der Waals surface area contributed by atoms with Gasteiger partial charge < -0.3 is 10.1 Å². The first-order chi connectivity index (χ1) is 9.74. The molecule has 1 aromatic carbocycles. The Kier molecular flexibility index (Phi) is 3.55. The quantitative estimate of drug-likeness (QED) is 0.714. The molecule has 0 saturated heterocycles. The number of aromatic nitrogens is 1. The molecule has 0 saturated carbocycles. The van der Waals surface area contributed by atoms with Crippen molar-refractivity contribution in [1.82, 2.24) is 4.98 Å². The van der Waals surface area contributed by atoms with E-state index in [-0.39, 0.29) is 22.4 Å². The molecule has 108 valence electrons. The zero-order chi connectivity index (χ0) is 15.8. The number of hydrogen-bond acceptors (Lipinski definition) is 5. The van der Waals surface area contributed by atoms with Crippen LogP contribution in [0.25, 0.3) is 11.1 Å². The predicted molar refractivity (Wildman–Crippen MR) is 73.4 cm³/mol. The topological polar surface area (TPSA) is 131 Å². The summed E-state index contributed by atoms with van der Waals surface area (Å²) < 4.78 is 31.4. The van der Waals surface area contributed by atoms with Crippen LogP contribution >= 0.6 is 0 Å². The molecule has 0 atom stereocenters. The Labute approximate surface area is 119 Å². The van der Waals surface area contributed by atoms with Gasteiger partial charge in [0.15, 0.2) is 0 Å². The molecule has 0 unspecified atom stereocenters. The van der Waals surface area contributed by atoms with Gasteiger partial charge >= 0.3 is 0 Å². The molecule has 0 aliphatic carbocycles. The van der Waals surface area contributed by atoms with Crippen molar-refractivity contribution in [3.8, 4) is 22.9 Å². The summed E-state index contributed by atoms with van der Waals surface area (Å²) in [6.07, 6.45) is 0. The average molecular weight is 306 g/mol. The van der Waals surface area contributed by atoms with Gasteiger partial charge in [-0.3, -0.25) is 9.35 Å². The lowest BCUT2D eigenvalue weighted by Crippen LogP contribution is -2.12. The van der Waals surface area contributed by atoms with Crippen molar-refractivity contribution >= 4 is 10.1 Å². The minimum absolute atomic E-state index is 0.0316. The van der Waals surface area contributed by atoms with Crippen LogP contribution in [-0.4, -0.2) is 23.1 Å². The molecule has 3 N–H and O–H groups in total.